The van der Waals surface area contributed by atoms with Crippen molar-refractivity contribution in [1.29, 1.82) is 0 Å². The van der Waals surface area contributed by atoms with E-state index < -0.39 is 0 Å². The lowest BCUT2D eigenvalue weighted by molar-refractivity contribution is -0.121. The fraction of sp³-hybridized carbons (Fsp3) is 0.350. The van der Waals surface area contributed by atoms with E-state index in [1.54, 1.807) is 0 Å². The lowest BCUT2D eigenvalue weighted by atomic mass is 10.1. The summed E-state index contributed by atoms with van der Waals surface area (Å²) in [5.41, 5.74) is 2.18. The number of carbonyl (C=O) groups is 1. The summed E-state index contributed by atoms with van der Waals surface area (Å²) in [6.45, 7) is 3.46. The van der Waals surface area contributed by atoms with Gasteiger partial charge in [0.15, 0.2) is 11.5 Å². The second-order valence-electron chi connectivity index (χ2n) is 5.83. The zero-order valence-electron chi connectivity index (χ0n) is 14.4. The zero-order chi connectivity index (χ0) is 17.5. The molecule has 3 rings (SSSR count). The van der Waals surface area contributed by atoms with Gasteiger partial charge in [0.25, 0.3) is 0 Å². The Morgan fingerprint density at radius 3 is 2.84 bits per heavy atom. The zero-order valence-corrected chi connectivity index (χ0v) is 14.4. The number of amides is 1. The van der Waals surface area contributed by atoms with Crippen molar-refractivity contribution in [3.05, 3.63) is 53.6 Å². The number of aryl methyl sites for hydroxylation is 1. The summed E-state index contributed by atoms with van der Waals surface area (Å²) in [5.74, 6) is 2.46. The van der Waals surface area contributed by atoms with Gasteiger partial charge in [0.2, 0.25) is 12.7 Å². The first kappa shape index (κ1) is 17.1. The summed E-state index contributed by atoms with van der Waals surface area (Å²) < 4.78 is 16.2. The summed E-state index contributed by atoms with van der Waals surface area (Å²) in [6, 6.07) is 13.7. The minimum Gasteiger partial charge on any atom is -0.494 e. The van der Waals surface area contributed by atoms with Crippen molar-refractivity contribution in [3.8, 4) is 17.2 Å². The SMILES string of the molecule is CCOc1ccccc1CCC(=O)NCCc1ccc2c(c1)OCO2. The number of carbonyl (C=O) groups excluding carboxylic acids is 1. The van der Waals surface area contributed by atoms with Gasteiger partial charge in [-0.2, -0.15) is 0 Å². The molecule has 5 heteroatoms. The minimum absolute atomic E-state index is 0.0482. The second kappa shape index (κ2) is 8.42. The number of fused-ring (bicyclic) bond motifs is 1. The van der Waals surface area contributed by atoms with Gasteiger partial charge in [0.05, 0.1) is 6.61 Å². The maximum Gasteiger partial charge on any atom is 0.231 e. The third-order valence-corrected chi connectivity index (χ3v) is 4.07. The van der Waals surface area contributed by atoms with Crippen LogP contribution in [0.25, 0.3) is 0 Å². The molecule has 0 radical (unpaired) electrons. The highest BCUT2D eigenvalue weighted by atomic mass is 16.7. The molecule has 1 N–H and O–H groups in total. The van der Waals surface area contributed by atoms with E-state index in [0.717, 1.165) is 34.8 Å². The Kier molecular flexibility index (Phi) is 5.77. The van der Waals surface area contributed by atoms with E-state index in [-0.39, 0.29) is 12.7 Å². The number of hydrogen-bond acceptors (Lipinski definition) is 4. The largest absolute Gasteiger partial charge is 0.494 e. The summed E-state index contributed by atoms with van der Waals surface area (Å²) in [6.07, 6.45) is 1.88. The van der Waals surface area contributed by atoms with Gasteiger partial charge in [0.1, 0.15) is 5.75 Å². The molecule has 0 saturated heterocycles. The minimum atomic E-state index is 0.0482. The Morgan fingerprint density at radius 1 is 1.12 bits per heavy atom. The number of benzene rings is 2. The smallest absolute Gasteiger partial charge is 0.231 e. The normalized spacial score (nSPS) is 12.0. The van der Waals surface area contributed by atoms with Crippen LogP contribution in [0.5, 0.6) is 17.2 Å². The predicted molar refractivity (Wildman–Crippen MR) is 95.2 cm³/mol. The van der Waals surface area contributed by atoms with E-state index in [9.17, 15) is 4.79 Å². The van der Waals surface area contributed by atoms with E-state index in [4.69, 9.17) is 14.2 Å². The van der Waals surface area contributed by atoms with E-state index in [2.05, 4.69) is 5.32 Å². The molecule has 2 aromatic rings. The first-order chi connectivity index (χ1) is 12.3. The highest BCUT2D eigenvalue weighted by molar-refractivity contribution is 5.76. The van der Waals surface area contributed by atoms with Crippen LogP contribution in [0.1, 0.15) is 24.5 Å². The highest BCUT2D eigenvalue weighted by Gasteiger charge is 2.13. The molecular formula is C20H23NO4. The van der Waals surface area contributed by atoms with Crippen molar-refractivity contribution >= 4 is 5.91 Å². The topological polar surface area (TPSA) is 56.8 Å². The molecule has 0 spiro atoms. The Bertz CT molecular complexity index is 729. The molecule has 1 amide bonds. The van der Waals surface area contributed by atoms with Crippen molar-refractivity contribution in [2.24, 2.45) is 0 Å². The second-order valence-corrected chi connectivity index (χ2v) is 5.83. The number of nitrogens with one attached hydrogen (secondary N) is 1. The Morgan fingerprint density at radius 2 is 1.96 bits per heavy atom. The molecule has 5 nitrogen and oxygen atoms in total. The van der Waals surface area contributed by atoms with Crippen LogP contribution in [-0.4, -0.2) is 25.9 Å². The van der Waals surface area contributed by atoms with Crippen molar-refractivity contribution in [2.75, 3.05) is 19.9 Å². The number of ether oxygens (including phenoxy) is 3. The first-order valence-electron chi connectivity index (χ1n) is 8.62. The molecule has 0 saturated carbocycles. The molecule has 0 aromatic heterocycles. The van der Waals surface area contributed by atoms with Crippen LogP contribution in [0.4, 0.5) is 0 Å². The van der Waals surface area contributed by atoms with Gasteiger partial charge >= 0.3 is 0 Å². The van der Waals surface area contributed by atoms with Crippen LogP contribution in [0.3, 0.4) is 0 Å². The van der Waals surface area contributed by atoms with Crippen LogP contribution in [-0.2, 0) is 17.6 Å². The molecule has 0 atom stereocenters. The number of para-hydroxylation sites is 1. The molecule has 0 bridgehead atoms. The molecule has 1 aliphatic heterocycles. The van der Waals surface area contributed by atoms with Crippen LogP contribution in [0.2, 0.25) is 0 Å². The Hall–Kier alpha value is -2.69. The predicted octanol–water partition coefficient (Wildman–Crippen LogP) is 3.11. The van der Waals surface area contributed by atoms with Gasteiger partial charge in [-0.3, -0.25) is 4.79 Å². The maximum absolute atomic E-state index is 12.1. The summed E-state index contributed by atoms with van der Waals surface area (Å²) in [5, 5.41) is 2.97. The lowest BCUT2D eigenvalue weighted by Gasteiger charge is -2.10. The highest BCUT2D eigenvalue weighted by Crippen LogP contribution is 2.32. The quantitative estimate of drug-likeness (QED) is 0.801. The van der Waals surface area contributed by atoms with Crippen molar-refractivity contribution in [2.45, 2.75) is 26.2 Å². The molecule has 1 aliphatic rings. The van der Waals surface area contributed by atoms with Crippen molar-refractivity contribution in [3.63, 3.8) is 0 Å². The average Bonchev–Trinajstić information content (AvgIpc) is 3.09. The fourth-order valence-corrected chi connectivity index (χ4v) is 2.79. The van der Waals surface area contributed by atoms with Crippen molar-refractivity contribution < 1.29 is 19.0 Å². The van der Waals surface area contributed by atoms with Crippen LogP contribution in [0, 0.1) is 0 Å². The molecule has 2 aromatic carbocycles. The molecule has 132 valence electrons. The maximum atomic E-state index is 12.1. The van der Waals surface area contributed by atoms with Crippen LogP contribution >= 0.6 is 0 Å². The summed E-state index contributed by atoms with van der Waals surface area (Å²) >= 11 is 0. The van der Waals surface area contributed by atoms with E-state index in [0.29, 0.717) is 26.0 Å². The van der Waals surface area contributed by atoms with E-state index in [1.165, 1.54) is 0 Å². The summed E-state index contributed by atoms with van der Waals surface area (Å²) in [4.78, 5) is 12.1. The third kappa shape index (κ3) is 4.66. The van der Waals surface area contributed by atoms with Gasteiger partial charge in [-0.05, 0) is 49.1 Å². The van der Waals surface area contributed by atoms with Gasteiger partial charge in [0, 0.05) is 13.0 Å². The third-order valence-electron chi connectivity index (χ3n) is 4.07. The van der Waals surface area contributed by atoms with Crippen LogP contribution < -0.4 is 19.5 Å². The molecule has 0 unspecified atom stereocenters. The van der Waals surface area contributed by atoms with E-state index in [1.807, 2.05) is 49.4 Å². The van der Waals surface area contributed by atoms with Gasteiger partial charge in [-0.25, -0.2) is 0 Å². The summed E-state index contributed by atoms with van der Waals surface area (Å²) in [7, 11) is 0. The van der Waals surface area contributed by atoms with Gasteiger partial charge in [-0.1, -0.05) is 24.3 Å². The average molecular weight is 341 g/mol. The van der Waals surface area contributed by atoms with Gasteiger partial charge in [-0.15, -0.1) is 0 Å². The Labute approximate surface area is 147 Å². The lowest BCUT2D eigenvalue weighted by Crippen LogP contribution is -2.25. The number of hydrogen-bond donors (Lipinski definition) is 1. The number of rotatable bonds is 8. The van der Waals surface area contributed by atoms with Crippen LogP contribution in [0.15, 0.2) is 42.5 Å². The van der Waals surface area contributed by atoms with Crippen molar-refractivity contribution in [1.82, 2.24) is 5.32 Å². The molecule has 0 fully saturated rings. The standard InChI is InChI=1S/C20H23NO4/c1-2-23-17-6-4-3-5-16(17)8-10-20(22)21-12-11-15-7-9-18-19(13-15)25-14-24-18/h3-7,9,13H,2,8,10-12,14H2,1H3,(H,21,22). The Balaban J connectivity index is 1.43. The fourth-order valence-electron chi connectivity index (χ4n) is 2.79. The van der Waals surface area contributed by atoms with E-state index >= 15 is 0 Å². The van der Waals surface area contributed by atoms with Gasteiger partial charge < -0.3 is 19.5 Å². The monoisotopic (exact) mass is 341 g/mol. The molecule has 1 heterocycles. The molecular weight excluding hydrogens is 318 g/mol. The molecule has 0 aliphatic carbocycles. The first-order valence-corrected chi connectivity index (χ1v) is 8.62. The molecule has 25 heavy (non-hydrogen) atoms.